The Morgan fingerprint density at radius 3 is 1.64 bits per heavy atom. The predicted octanol–water partition coefficient (Wildman–Crippen LogP) is 1.66. The molecule has 1 aromatic carbocycles. The van der Waals surface area contributed by atoms with Crippen molar-refractivity contribution in [3.63, 3.8) is 0 Å². The number of hydrogen-bond donors (Lipinski definition) is 6. The Hall–Kier alpha value is -3.34. The van der Waals surface area contributed by atoms with E-state index in [0.29, 0.717) is 147 Å². The fraction of sp³-hybridized carbons (Fsp3) is 0.676. The molecule has 1 aromatic heterocycles. The van der Waals surface area contributed by atoms with E-state index in [2.05, 4.69) is 26.0 Å². The summed E-state index contributed by atoms with van der Waals surface area (Å²) in [7, 11) is 1.56. The Bertz CT molecular complexity index is 1480. The quantitative estimate of drug-likeness (QED) is 0.0278. The second-order valence-electron chi connectivity index (χ2n) is 13.1. The van der Waals surface area contributed by atoms with Crippen LogP contribution >= 0.6 is 11.3 Å². The van der Waals surface area contributed by atoms with Crippen LogP contribution in [0.15, 0.2) is 22.4 Å². The first-order valence-electron chi connectivity index (χ1n) is 18.5. The van der Waals surface area contributed by atoms with Gasteiger partial charge in [-0.15, -0.1) is 11.3 Å². The average Bonchev–Trinajstić information content (AvgIpc) is 3.48. The lowest BCUT2D eigenvalue weighted by molar-refractivity contribution is -0.929. The van der Waals surface area contributed by atoms with Crippen LogP contribution in [0, 0.1) is 31.8 Å². The van der Waals surface area contributed by atoms with Crippen LogP contribution in [0.1, 0.15) is 16.0 Å². The third-order valence-electron chi connectivity index (χ3n) is 9.65. The lowest BCUT2D eigenvalue weighted by atomic mass is 10.1. The normalized spacial score (nSPS) is 12.0. The molecule has 1 heterocycles. The Balaban J connectivity index is 2.17. The molecule has 0 saturated carbocycles. The number of azo groups is 1. The molecule has 2 aromatic rings. The Morgan fingerprint density at radius 1 is 0.727 bits per heavy atom. The van der Waals surface area contributed by atoms with Gasteiger partial charge in [0, 0.05) is 19.2 Å². The van der Waals surface area contributed by atoms with Crippen LogP contribution in [-0.4, -0.2) is 191 Å². The number of ether oxygens (including phenoxy) is 4. The van der Waals surface area contributed by atoms with Gasteiger partial charge in [0.2, 0.25) is 5.69 Å². The summed E-state index contributed by atoms with van der Waals surface area (Å²) in [6.45, 7) is 17.3. The fourth-order valence-corrected chi connectivity index (χ4v) is 7.20. The van der Waals surface area contributed by atoms with Crippen LogP contribution in [0.4, 0.5) is 22.1 Å². The predicted molar refractivity (Wildman–Crippen MR) is 209 cm³/mol. The van der Waals surface area contributed by atoms with Crippen molar-refractivity contribution < 1.29 is 58.6 Å². The van der Waals surface area contributed by atoms with Gasteiger partial charge in [-0.25, -0.2) is 4.85 Å². The van der Waals surface area contributed by atoms with E-state index in [-0.39, 0.29) is 39.6 Å². The Morgan fingerprint density at radius 2 is 1.20 bits per heavy atom. The number of hydrogen-bond acceptors (Lipinski definition) is 15. The van der Waals surface area contributed by atoms with Crippen LogP contribution in [0.25, 0.3) is 4.85 Å². The zero-order valence-electron chi connectivity index (χ0n) is 32.6. The number of thiophene rings is 1. The molecule has 0 saturated heterocycles. The van der Waals surface area contributed by atoms with Crippen molar-refractivity contribution in [1.29, 1.82) is 5.26 Å². The molecule has 0 bridgehead atoms. The number of rotatable bonds is 31. The van der Waals surface area contributed by atoms with Crippen LogP contribution in [0.5, 0.6) is 5.75 Å². The third kappa shape index (κ3) is 15.3. The van der Waals surface area contributed by atoms with Crippen molar-refractivity contribution >= 4 is 33.4 Å². The van der Waals surface area contributed by atoms with Gasteiger partial charge in [0.15, 0.2) is 0 Å². The van der Waals surface area contributed by atoms with E-state index in [9.17, 15) is 35.9 Å². The van der Waals surface area contributed by atoms with Crippen LogP contribution < -0.4 is 9.64 Å². The van der Waals surface area contributed by atoms with Crippen LogP contribution in [-0.2, 0) is 14.2 Å². The van der Waals surface area contributed by atoms with E-state index in [0.717, 1.165) is 22.6 Å². The minimum Gasteiger partial charge on any atom is -0.495 e. The number of quaternary nitrogens is 2. The SMILES string of the molecule is [C-]#[N+]c1c(/N=N/c2cc(OC)c(N(CCOCCOCC[N+](CCO)(CCO)CCO)CCOCC[N+](CCO)(CCO)CCO)cc2C)sc(C#N)c1C. The first-order chi connectivity index (χ1) is 26.7. The van der Waals surface area contributed by atoms with Gasteiger partial charge in [0.25, 0.3) is 0 Å². The molecule has 2 rings (SSSR count). The van der Waals surface area contributed by atoms with E-state index < -0.39 is 0 Å². The Labute approximate surface area is 328 Å². The van der Waals surface area contributed by atoms with Gasteiger partial charge in [-0.1, -0.05) is 0 Å². The number of benzene rings is 1. The number of aryl methyl sites for hydroxylation is 1. The molecule has 0 aliphatic heterocycles. The van der Waals surface area contributed by atoms with Gasteiger partial charge in [0.05, 0.1) is 109 Å². The second-order valence-corrected chi connectivity index (χ2v) is 14.1. The summed E-state index contributed by atoms with van der Waals surface area (Å²) in [6, 6.07) is 5.81. The minimum absolute atomic E-state index is 0.0535. The van der Waals surface area contributed by atoms with Gasteiger partial charge < -0.3 is 63.5 Å². The van der Waals surface area contributed by atoms with Crippen molar-refractivity contribution in [1.82, 2.24) is 0 Å². The highest BCUT2D eigenvalue weighted by Gasteiger charge is 2.27. The van der Waals surface area contributed by atoms with Crippen LogP contribution in [0.3, 0.4) is 0 Å². The highest BCUT2D eigenvalue weighted by molar-refractivity contribution is 7.17. The van der Waals surface area contributed by atoms with Crippen LogP contribution in [0.2, 0.25) is 0 Å². The standard InChI is InChI=1S/C37H61N7O10S/c1-30-27-33(34(51-4)28-32(30)40-41-37-36(39-3)31(2)35(29-38)55-37)42(5-21-52-23-13-43(7-15-45,8-16-46)9-17-47)6-22-53-25-26-54-24-14-44(10-18-48,11-19-49)12-20-50/h27-28,45-50H,5-26H2,1-2,4H3/q+2/b41-40+. The molecule has 6 N–H and O–H groups in total. The maximum atomic E-state index is 9.62. The largest absolute Gasteiger partial charge is 0.495 e. The minimum atomic E-state index is -0.0702. The van der Waals surface area contributed by atoms with Crippen molar-refractivity contribution in [2.45, 2.75) is 13.8 Å². The summed E-state index contributed by atoms with van der Waals surface area (Å²) in [6.07, 6.45) is 0. The fourth-order valence-electron chi connectivity index (χ4n) is 6.33. The molecule has 0 aliphatic carbocycles. The maximum Gasteiger partial charge on any atom is 0.229 e. The van der Waals surface area contributed by atoms with Crippen molar-refractivity contribution in [3.05, 3.63) is 39.6 Å². The molecule has 55 heavy (non-hydrogen) atoms. The summed E-state index contributed by atoms with van der Waals surface area (Å²) < 4.78 is 24.3. The van der Waals surface area contributed by atoms with Gasteiger partial charge in [0.1, 0.15) is 69.2 Å². The molecule has 0 amide bonds. The number of aliphatic hydroxyl groups is 6. The number of nitriles is 1. The maximum absolute atomic E-state index is 9.62. The van der Waals surface area contributed by atoms with Gasteiger partial charge >= 0.3 is 0 Å². The lowest BCUT2D eigenvalue weighted by Gasteiger charge is -2.37. The second kappa shape index (κ2) is 26.5. The first-order valence-corrected chi connectivity index (χ1v) is 19.3. The summed E-state index contributed by atoms with van der Waals surface area (Å²) >= 11 is 1.12. The molecule has 308 valence electrons. The lowest BCUT2D eigenvalue weighted by Crippen LogP contribution is -2.55. The monoisotopic (exact) mass is 795 g/mol. The zero-order valence-corrected chi connectivity index (χ0v) is 33.4. The van der Waals surface area contributed by atoms with Crippen molar-refractivity contribution in [2.24, 2.45) is 10.2 Å². The van der Waals surface area contributed by atoms with Crippen molar-refractivity contribution in [3.8, 4) is 11.8 Å². The van der Waals surface area contributed by atoms with E-state index in [4.69, 9.17) is 25.5 Å². The number of methoxy groups -OCH3 is 1. The first kappa shape index (κ1) is 47.8. The topological polar surface area (TPSA) is 214 Å². The van der Waals surface area contributed by atoms with Gasteiger partial charge in [-0.3, -0.25) is 0 Å². The van der Waals surface area contributed by atoms with E-state index in [1.54, 1.807) is 20.1 Å². The summed E-state index contributed by atoms with van der Waals surface area (Å²) in [5.74, 6) is 0.535. The highest BCUT2D eigenvalue weighted by Crippen LogP contribution is 2.43. The molecule has 0 radical (unpaired) electrons. The molecule has 0 unspecified atom stereocenters. The zero-order chi connectivity index (χ0) is 40.5. The number of nitrogens with zero attached hydrogens (tertiary/aromatic N) is 7. The number of aliphatic hydroxyl groups excluding tert-OH is 6. The van der Waals surface area contributed by atoms with Gasteiger partial charge in [-0.2, -0.15) is 15.5 Å². The molecular formula is C37H61N7O10S+2. The highest BCUT2D eigenvalue weighted by atomic mass is 32.1. The summed E-state index contributed by atoms with van der Waals surface area (Å²) in [4.78, 5) is 6.05. The Kier molecular flexibility index (Phi) is 23.0. The van der Waals surface area contributed by atoms with E-state index in [1.807, 2.05) is 13.0 Å². The molecular weight excluding hydrogens is 735 g/mol. The number of anilines is 1. The molecule has 0 atom stereocenters. The molecule has 0 fully saturated rings. The molecule has 0 aliphatic rings. The third-order valence-corrected chi connectivity index (χ3v) is 10.7. The molecule has 18 heteroatoms. The van der Waals surface area contributed by atoms with E-state index >= 15 is 0 Å². The van der Waals surface area contributed by atoms with E-state index in [1.165, 1.54) is 0 Å². The van der Waals surface area contributed by atoms with Gasteiger partial charge in [-0.05, 0) is 31.0 Å². The molecule has 0 spiro atoms. The average molecular weight is 796 g/mol. The van der Waals surface area contributed by atoms with Crippen molar-refractivity contribution in [2.75, 3.05) is 157 Å². The summed E-state index contributed by atoms with van der Waals surface area (Å²) in [5, 5.41) is 75.9. The smallest absolute Gasteiger partial charge is 0.229 e. The summed E-state index contributed by atoms with van der Waals surface area (Å²) in [5.41, 5.74) is 3.01. The molecule has 17 nitrogen and oxygen atoms in total.